The molecule has 1 rings (SSSR count). The van der Waals surface area contributed by atoms with Gasteiger partial charge in [0.2, 0.25) is 11.8 Å². The predicted molar refractivity (Wildman–Crippen MR) is 72.3 cm³/mol. The first-order chi connectivity index (χ1) is 8.62. The van der Waals surface area contributed by atoms with E-state index >= 15 is 0 Å². The Morgan fingerprint density at radius 3 is 2.42 bits per heavy atom. The normalized spacial score (nSPS) is 28.4. The van der Waals surface area contributed by atoms with Crippen LogP contribution in [0.2, 0.25) is 0 Å². The van der Waals surface area contributed by atoms with E-state index in [1.54, 1.807) is 13.8 Å². The second-order valence-electron chi connectivity index (χ2n) is 5.30. The Bertz CT molecular complexity index is 474. The van der Waals surface area contributed by atoms with Gasteiger partial charge in [-0.15, -0.1) is 0 Å². The number of nitrogens with one attached hydrogen (secondary N) is 1. The SMILES string of the molecule is CCC1(C)C(=O)NC(C)C(=O)N1CCCS(C)(=O)=O. The summed E-state index contributed by atoms with van der Waals surface area (Å²) < 4.78 is 22.3. The van der Waals surface area contributed by atoms with E-state index in [9.17, 15) is 18.0 Å². The number of piperazine rings is 1. The number of rotatable bonds is 5. The van der Waals surface area contributed by atoms with Gasteiger partial charge in [0.25, 0.3) is 0 Å². The zero-order chi connectivity index (χ0) is 14.8. The molecular weight excluding hydrogens is 268 g/mol. The standard InChI is InChI=1S/C12H22N2O4S/c1-5-12(3)11(16)13-9(2)10(15)14(12)7-6-8-19(4,17)18/h9H,5-8H2,1-4H3,(H,13,16). The van der Waals surface area contributed by atoms with Gasteiger partial charge in [-0.05, 0) is 26.7 Å². The minimum Gasteiger partial charge on any atom is -0.343 e. The van der Waals surface area contributed by atoms with Crippen LogP contribution in [0, 0.1) is 0 Å². The van der Waals surface area contributed by atoms with Gasteiger partial charge in [0.05, 0.1) is 5.75 Å². The number of hydrogen-bond donors (Lipinski definition) is 1. The Hall–Kier alpha value is -1.11. The summed E-state index contributed by atoms with van der Waals surface area (Å²) in [5, 5.41) is 2.66. The van der Waals surface area contributed by atoms with Crippen molar-refractivity contribution in [2.45, 2.75) is 45.2 Å². The first-order valence-electron chi connectivity index (χ1n) is 6.42. The molecule has 0 bridgehead atoms. The molecule has 1 aliphatic rings. The fourth-order valence-corrected chi connectivity index (χ4v) is 2.86. The Morgan fingerprint density at radius 2 is 1.95 bits per heavy atom. The molecule has 0 aromatic heterocycles. The number of amides is 2. The van der Waals surface area contributed by atoms with Gasteiger partial charge in [0, 0.05) is 12.8 Å². The van der Waals surface area contributed by atoms with Gasteiger partial charge in [0.1, 0.15) is 21.4 Å². The molecule has 6 nitrogen and oxygen atoms in total. The van der Waals surface area contributed by atoms with Crippen LogP contribution in [-0.4, -0.2) is 55.3 Å². The second-order valence-corrected chi connectivity index (χ2v) is 7.56. The molecule has 1 saturated heterocycles. The van der Waals surface area contributed by atoms with Crippen molar-refractivity contribution in [1.29, 1.82) is 0 Å². The molecule has 1 heterocycles. The van der Waals surface area contributed by atoms with Crippen molar-refractivity contribution < 1.29 is 18.0 Å². The van der Waals surface area contributed by atoms with Crippen LogP contribution in [0.15, 0.2) is 0 Å². The van der Waals surface area contributed by atoms with Crippen molar-refractivity contribution in [1.82, 2.24) is 10.2 Å². The molecule has 2 atom stereocenters. The van der Waals surface area contributed by atoms with Gasteiger partial charge < -0.3 is 10.2 Å². The van der Waals surface area contributed by atoms with Crippen LogP contribution in [0.4, 0.5) is 0 Å². The number of carbonyl (C=O) groups excluding carboxylic acids is 2. The Morgan fingerprint density at radius 1 is 1.37 bits per heavy atom. The summed E-state index contributed by atoms with van der Waals surface area (Å²) in [6.07, 6.45) is 2.01. The highest BCUT2D eigenvalue weighted by Crippen LogP contribution is 2.25. The number of sulfone groups is 1. The minimum absolute atomic E-state index is 0.0204. The maximum absolute atomic E-state index is 12.2. The average molecular weight is 290 g/mol. The summed E-state index contributed by atoms with van der Waals surface area (Å²) in [5.41, 5.74) is -0.888. The molecule has 1 fully saturated rings. The van der Waals surface area contributed by atoms with Crippen LogP contribution in [0.5, 0.6) is 0 Å². The molecule has 1 aliphatic heterocycles. The molecule has 7 heteroatoms. The lowest BCUT2D eigenvalue weighted by Gasteiger charge is -2.45. The molecule has 19 heavy (non-hydrogen) atoms. The summed E-state index contributed by atoms with van der Waals surface area (Å²) in [6, 6.07) is -0.551. The maximum Gasteiger partial charge on any atom is 0.246 e. The van der Waals surface area contributed by atoms with Crippen LogP contribution in [0.25, 0.3) is 0 Å². The molecule has 110 valence electrons. The van der Waals surface area contributed by atoms with Gasteiger partial charge >= 0.3 is 0 Å². The van der Waals surface area contributed by atoms with E-state index in [-0.39, 0.29) is 24.1 Å². The zero-order valence-electron chi connectivity index (χ0n) is 11.9. The van der Waals surface area contributed by atoms with Crippen molar-refractivity contribution in [3.05, 3.63) is 0 Å². The molecule has 2 unspecified atom stereocenters. The number of nitrogens with zero attached hydrogens (tertiary/aromatic N) is 1. The lowest BCUT2D eigenvalue weighted by molar-refractivity contribution is -0.156. The number of carbonyl (C=O) groups is 2. The fourth-order valence-electron chi connectivity index (χ4n) is 2.21. The molecule has 0 radical (unpaired) electrons. The van der Waals surface area contributed by atoms with E-state index in [0.717, 1.165) is 0 Å². The Balaban J connectivity index is 2.85. The van der Waals surface area contributed by atoms with E-state index in [2.05, 4.69) is 5.32 Å². The van der Waals surface area contributed by atoms with E-state index in [4.69, 9.17) is 0 Å². The lowest BCUT2D eigenvalue weighted by atomic mass is 9.90. The van der Waals surface area contributed by atoms with Crippen LogP contribution in [0.1, 0.15) is 33.6 Å². The van der Waals surface area contributed by atoms with E-state index in [1.165, 1.54) is 11.2 Å². The van der Waals surface area contributed by atoms with Gasteiger partial charge in [-0.3, -0.25) is 9.59 Å². The van der Waals surface area contributed by atoms with Crippen LogP contribution >= 0.6 is 0 Å². The predicted octanol–water partition coefficient (Wildman–Crippen LogP) is -0.0633. The molecule has 0 aromatic rings. The lowest BCUT2D eigenvalue weighted by Crippen LogP contribution is -2.68. The van der Waals surface area contributed by atoms with E-state index in [0.29, 0.717) is 12.8 Å². The van der Waals surface area contributed by atoms with Crippen LogP contribution in [-0.2, 0) is 19.4 Å². The Labute approximate surface area is 114 Å². The molecule has 0 aromatic carbocycles. The van der Waals surface area contributed by atoms with E-state index in [1.807, 2.05) is 6.92 Å². The third-order valence-electron chi connectivity index (χ3n) is 3.65. The highest BCUT2D eigenvalue weighted by atomic mass is 32.2. The molecule has 1 N–H and O–H groups in total. The fraction of sp³-hybridized carbons (Fsp3) is 0.833. The van der Waals surface area contributed by atoms with Gasteiger partial charge in [0.15, 0.2) is 0 Å². The molecule has 0 aliphatic carbocycles. The smallest absolute Gasteiger partial charge is 0.246 e. The monoisotopic (exact) mass is 290 g/mol. The van der Waals surface area contributed by atoms with Crippen molar-refractivity contribution >= 4 is 21.7 Å². The van der Waals surface area contributed by atoms with Gasteiger partial charge in [-0.1, -0.05) is 6.92 Å². The highest BCUT2D eigenvalue weighted by molar-refractivity contribution is 7.90. The summed E-state index contributed by atoms with van der Waals surface area (Å²) in [4.78, 5) is 25.7. The summed E-state index contributed by atoms with van der Waals surface area (Å²) in [6.45, 7) is 5.48. The third-order valence-corrected chi connectivity index (χ3v) is 4.68. The van der Waals surface area contributed by atoms with Crippen LogP contribution in [0.3, 0.4) is 0 Å². The summed E-state index contributed by atoms with van der Waals surface area (Å²) in [5.74, 6) is -0.314. The van der Waals surface area contributed by atoms with E-state index < -0.39 is 21.4 Å². The second kappa shape index (κ2) is 5.48. The number of hydrogen-bond acceptors (Lipinski definition) is 4. The summed E-state index contributed by atoms with van der Waals surface area (Å²) >= 11 is 0. The van der Waals surface area contributed by atoms with Crippen molar-refractivity contribution in [2.75, 3.05) is 18.6 Å². The quantitative estimate of drug-likeness (QED) is 0.768. The van der Waals surface area contributed by atoms with Crippen molar-refractivity contribution in [3.8, 4) is 0 Å². The minimum atomic E-state index is -3.05. The molecular formula is C12H22N2O4S. The molecule has 0 saturated carbocycles. The van der Waals surface area contributed by atoms with Crippen molar-refractivity contribution in [2.24, 2.45) is 0 Å². The maximum atomic E-state index is 12.2. The summed E-state index contributed by atoms with van der Waals surface area (Å²) in [7, 11) is -3.05. The van der Waals surface area contributed by atoms with Gasteiger partial charge in [-0.25, -0.2) is 8.42 Å². The third kappa shape index (κ3) is 3.46. The topological polar surface area (TPSA) is 83.6 Å². The van der Waals surface area contributed by atoms with Crippen LogP contribution < -0.4 is 5.32 Å². The van der Waals surface area contributed by atoms with Crippen molar-refractivity contribution in [3.63, 3.8) is 0 Å². The van der Waals surface area contributed by atoms with Gasteiger partial charge in [-0.2, -0.15) is 0 Å². The Kier molecular flexibility index (Phi) is 4.60. The molecule has 2 amide bonds. The largest absolute Gasteiger partial charge is 0.343 e. The average Bonchev–Trinajstić information content (AvgIpc) is 2.29. The first kappa shape index (κ1) is 15.9. The molecule has 0 spiro atoms. The highest BCUT2D eigenvalue weighted by Gasteiger charge is 2.46. The first-order valence-corrected chi connectivity index (χ1v) is 8.48. The zero-order valence-corrected chi connectivity index (χ0v) is 12.7.